The minimum atomic E-state index is 0.0853. The van der Waals surface area contributed by atoms with E-state index in [4.69, 9.17) is 9.47 Å². The highest BCUT2D eigenvalue weighted by Gasteiger charge is 2.20. The molecule has 1 rings (SSSR count). The van der Waals surface area contributed by atoms with Crippen LogP contribution in [0.25, 0.3) is 0 Å². The van der Waals surface area contributed by atoms with Crippen molar-refractivity contribution >= 4 is 5.96 Å². The fourth-order valence-corrected chi connectivity index (χ4v) is 2.05. The molecule has 0 aliphatic carbocycles. The monoisotopic (exact) mass is 314 g/mol. The van der Waals surface area contributed by atoms with E-state index in [2.05, 4.69) is 48.5 Å². The van der Waals surface area contributed by atoms with Crippen LogP contribution in [0, 0.1) is 0 Å². The standard InChI is InChI=1S/C16H34N4O2/c1-16(2,20(4)5)13-19-15(17-3)18-9-7-10-21-12-14-8-6-11-22-14/h14H,6-13H2,1-5H3,(H2,17,18,19). The van der Waals surface area contributed by atoms with Crippen LogP contribution in [0.15, 0.2) is 4.99 Å². The Morgan fingerprint density at radius 1 is 1.36 bits per heavy atom. The summed E-state index contributed by atoms with van der Waals surface area (Å²) in [6.07, 6.45) is 3.58. The molecule has 1 unspecified atom stereocenters. The minimum Gasteiger partial charge on any atom is -0.379 e. The molecule has 1 aliphatic rings. The van der Waals surface area contributed by atoms with Gasteiger partial charge < -0.3 is 25.0 Å². The number of nitrogens with zero attached hydrogens (tertiary/aromatic N) is 2. The highest BCUT2D eigenvalue weighted by Crippen LogP contribution is 2.11. The summed E-state index contributed by atoms with van der Waals surface area (Å²) in [5, 5.41) is 6.68. The molecule has 1 saturated heterocycles. The molecule has 2 N–H and O–H groups in total. The summed E-state index contributed by atoms with van der Waals surface area (Å²) >= 11 is 0. The number of hydrogen-bond acceptors (Lipinski definition) is 4. The van der Waals surface area contributed by atoms with Gasteiger partial charge in [0.1, 0.15) is 0 Å². The second-order valence-electron chi connectivity index (χ2n) is 6.62. The van der Waals surface area contributed by atoms with Crippen LogP contribution >= 0.6 is 0 Å². The Kier molecular flexibility index (Phi) is 8.75. The predicted molar refractivity (Wildman–Crippen MR) is 91.5 cm³/mol. The molecular formula is C16H34N4O2. The first-order valence-corrected chi connectivity index (χ1v) is 8.27. The molecule has 0 aromatic rings. The first-order valence-electron chi connectivity index (χ1n) is 8.27. The Labute approximate surface area is 135 Å². The van der Waals surface area contributed by atoms with Crippen molar-refractivity contribution in [3.8, 4) is 0 Å². The van der Waals surface area contributed by atoms with Gasteiger partial charge in [0.05, 0.1) is 12.7 Å². The van der Waals surface area contributed by atoms with Crippen molar-refractivity contribution in [2.24, 2.45) is 4.99 Å². The quantitative estimate of drug-likeness (QED) is 0.379. The van der Waals surface area contributed by atoms with Crippen molar-refractivity contribution in [1.82, 2.24) is 15.5 Å². The molecule has 6 heteroatoms. The summed E-state index contributed by atoms with van der Waals surface area (Å²) in [5.41, 5.74) is 0.0853. The van der Waals surface area contributed by atoms with Gasteiger partial charge in [0.15, 0.2) is 5.96 Å². The van der Waals surface area contributed by atoms with E-state index in [9.17, 15) is 0 Å². The first kappa shape index (κ1) is 19.2. The van der Waals surface area contributed by atoms with Crippen molar-refractivity contribution in [2.75, 3.05) is 54.1 Å². The van der Waals surface area contributed by atoms with Crippen LogP contribution in [0.2, 0.25) is 0 Å². The molecule has 0 bridgehead atoms. The normalized spacial score (nSPS) is 19.7. The zero-order chi connectivity index (χ0) is 16.4. The van der Waals surface area contributed by atoms with E-state index in [0.29, 0.717) is 6.10 Å². The van der Waals surface area contributed by atoms with Gasteiger partial charge in [0.25, 0.3) is 0 Å². The van der Waals surface area contributed by atoms with Gasteiger partial charge in [-0.25, -0.2) is 0 Å². The second-order valence-corrected chi connectivity index (χ2v) is 6.62. The van der Waals surface area contributed by atoms with Crippen LogP contribution in [0.4, 0.5) is 0 Å². The van der Waals surface area contributed by atoms with E-state index in [0.717, 1.165) is 51.7 Å². The third kappa shape index (κ3) is 7.42. The second kappa shape index (κ2) is 10.0. The Balaban J connectivity index is 2.06. The van der Waals surface area contributed by atoms with Crippen LogP contribution in [-0.4, -0.2) is 76.6 Å². The van der Waals surface area contributed by atoms with Gasteiger partial charge in [-0.3, -0.25) is 4.99 Å². The lowest BCUT2D eigenvalue weighted by Gasteiger charge is -2.33. The third-order valence-electron chi connectivity index (χ3n) is 4.21. The number of aliphatic imine (C=N–C) groups is 1. The lowest BCUT2D eigenvalue weighted by molar-refractivity contribution is 0.0168. The van der Waals surface area contributed by atoms with Gasteiger partial charge in [0, 0.05) is 38.9 Å². The lowest BCUT2D eigenvalue weighted by Crippen LogP contribution is -2.51. The van der Waals surface area contributed by atoms with E-state index in [1.54, 1.807) is 7.05 Å². The molecule has 130 valence electrons. The summed E-state index contributed by atoms with van der Waals surface area (Å²) in [5.74, 6) is 0.842. The van der Waals surface area contributed by atoms with Crippen molar-refractivity contribution in [3.05, 3.63) is 0 Å². The first-order chi connectivity index (χ1) is 10.5. The summed E-state index contributed by atoms with van der Waals surface area (Å²) < 4.78 is 11.2. The molecular weight excluding hydrogens is 280 g/mol. The SMILES string of the molecule is CN=C(NCCCOCC1CCCO1)NCC(C)(C)N(C)C. The molecule has 0 aromatic carbocycles. The predicted octanol–water partition coefficient (Wildman–Crippen LogP) is 1.08. The van der Waals surface area contributed by atoms with Gasteiger partial charge in [-0.2, -0.15) is 0 Å². The number of ether oxygens (including phenoxy) is 2. The Bertz CT molecular complexity index is 326. The number of guanidine groups is 1. The van der Waals surface area contributed by atoms with E-state index in [-0.39, 0.29) is 5.54 Å². The Morgan fingerprint density at radius 3 is 2.73 bits per heavy atom. The van der Waals surface area contributed by atoms with Crippen molar-refractivity contribution in [3.63, 3.8) is 0 Å². The average molecular weight is 314 g/mol. The Hall–Kier alpha value is -0.850. The maximum absolute atomic E-state index is 5.65. The molecule has 0 spiro atoms. The zero-order valence-electron chi connectivity index (χ0n) is 14.9. The van der Waals surface area contributed by atoms with E-state index < -0.39 is 0 Å². The highest BCUT2D eigenvalue weighted by atomic mass is 16.5. The molecule has 0 amide bonds. The van der Waals surface area contributed by atoms with Crippen LogP contribution < -0.4 is 10.6 Å². The van der Waals surface area contributed by atoms with Crippen LogP contribution in [0.3, 0.4) is 0 Å². The number of rotatable bonds is 9. The van der Waals surface area contributed by atoms with Crippen molar-refractivity contribution in [2.45, 2.75) is 44.8 Å². The smallest absolute Gasteiger partial charge is 0.191 e. The summed E-state index contributed by atoms with van der Waals surface area (Å²) in [6, 6.07) is 0. The molecule has 0 aromatic heterocycles. The number of nitrogens with one attached hydrogen (secondary N) is 2. The van der Waals surface area contributed by atoms with E-state index in [1.807, 2.05) is 0 Å². The lowest BCUT2D eigenvalue weighted by atomic mass is 10.0. The van der Waals surface area contributed by atoms with Crippen LogP contribution in [0.1, 0.15) is 33.1 Å². The fourth-order valence-electron chi connectivity index (χ4n) is 2.05. The summed E-state index contributed by atoms with van der Waals surface area (Å²) in [4.78, 5) is 6.45. The zero-order valence-corrected chi connectivity index (χ0v) is 14.9. The van der Waals surface area contributed by atoms with Crippen LogP contribution in [0.5, 0.6) is 0 Å². The van der Waals surface area contributed by atoms with E-state index >= 15 is 0 Å². The maximum atomic E-state index is 5.65. The molecule has 1 heterocycles. The molecule has 6 nitrogen and oxygen atoms in total. The molecule has 0 radical (unpaired) electrons. The topological polar surface area (TPSA) is 58.1 Å². The summed E-state index contributed by atoms with van der Waals surface area (Å²) in [6.45, 7) is 8.47. The average Bonchev–Trinajstić information content (AvgIpc) is 2.98. The molecule has 0 saturated carbocycles. The van der Waals surface area contributed by atoms with Gasteiger partial charge in [-0.15, -0.1) is 0 Å². The highest BCUT2D eigenvalue weighted by molar-refractivity contribution is 5.79. The minimum absolute atomic E-state index is 0.0853. The van der Waals surface area contributed by atoms with Gasteiger partial charge in [0.2, 0.25) is 0 Å². The fraction of sp³-hybridized carbons (Fsp3) is 0.938. The largest absolute Gasteiger partial charge is 0.379 e. The van der Waals surface area contributed by atoms with Crippen LogP contribution in [-0.2, 0) is 9.47 Å². The molecule has 22 heavy (non-hydrogen) atoms. The van der Waals surface area contributed by atoms with Gasteiger partial charge in [-0.1, -0.05) is 0 Å². The summed E-state index contributed by atoms with van der Waals surface area (Å²) in [7, 11) is 5.97. The van der Waals surface area contributed by atoms with Crippen molar-refractivity contribution in [1.29, 1.82) is 0 Å². The molecule has 1 aliphatic heterocycles. The third-order valence-corrected chi connectivity index (χ3v) is 4.21. The Morgan fingerprint density at radius 2 is 2.14 bits per heavy atom. The van der Waals surface area contributed by atoms with Gasteiger partial charge >= 0.3 is 0 Å². The maximum Gasteiger partial charge on any atom is 0.191 e. The molecule has 1 fully saturated rings. The van der Waals surface area contributed by atoms with Gasteiger partial charge in [-0.05, 0) is 47.2 Å². The van der Waals surface area contributed by atoms with E-state index in [1.165, 1.54) is 6.42 Å². The number of hydrogen-bond donors (Lipinski definition) is 2. The molecule has 1 atom stereocenters. The van der Waals surface area contributed by atoms with Crippen molar-refractivity contribution < 1.29 is 9.47 Å². The number of likely N-dealkylation sites (N-methyl/N-ethyl adjacent to an activating group) is 1.